The summed E-state index contributed by atoms with van der Waals surface area (Å²) < 4.78 is 35.8. The number of alkyl halides is 3. The average Bonchev–Trinajstić information content (AvgIpc) is 2.26. The smallest absolute Gasteiger partial charge is 0.382 e. The van der Waals surface area contributed by atoms with Crippen LogP contribution in [0.2, 0.25) is 0 Å². The Bertz CT molecular complexity index is 258. The van der Waals surface area contributed by atoms with Crippen molar-refractivity contribution in [2.24, 2.45) is 5.92 Å². The van der Waals surface area contributed by atoms with E-state index in [2.05, 4.69) is 10.6 Å². The summed E-state index contributed by atoms with van der Waals surface area (Å²) in [6.45, 7) is 0.902. The number of nitrogens with one attached hydrogen (secondary N) is 2. The molecule has 0 spiro atoms. The zero-order chi connectivity index (χ0) is 12.9. The molecule has 4 nitrogen and oxygen atoms in total. The van der Waals surface area contributed by atoms with Crippen molar-refractivity contribution < 1.29 is 23.1 Å². The lowest BCUT2D eigenvalue weighted by molar-refractivity contribution is -0.201. The Hall–Kier alpha value is -0.530. The topological polar surface area (TPSA) is 61.4 Å². The van der Waals surface area contributed by atoms with E-state index in [4.69, 9.17) is 5.11 Å². The molecule has 3 N–H and O–H groups in total. The van der Waals surface area contributed by atoms with Crippen LogP contribution < -0.4 is 10.6 Å². The van der Waals surface area contributed by atoms with E-state index in [1.165, 1.54) is 0 Å². The van der Waals surface area contributed by atoms with Crippen molar-refractivity contribution in [2.45, 2.75) is 31.5 Å². The van der Waals surface area contributed by atoms with Gasteiger partial charge in [0.15, 0.2) is 6.10 Å². The Kier molecular flexibility index (Phi) is 7.58. The van der Waals surface area contributed by atoms with Gasteiger partial charge in [-0.3, -0.25) is 4.79 Å². The van der Waals surface area contributed by atoms with Crippen molar-refractivity contribution in [1.82, 2.24) is 10.6 Å². The minimum Gasteiger partial charge on any atom is -0.382 e. The number of halogens is 4. The third kappa shape index (κ3) is 6.42. The van der Waals surface area contributed by atoms with Gasteiger partial charge in [-0.15, -0.1) is 12.4 Å². The molecule has 0 saturated carbocycles. The molecule has 1 rings (SSSR count). The third-order valence-corrected chi connectivity index (χ3v) is 2.80. The van der Waals surface area contributed by atoms with Crippen LogP contribution >= 0.6 is 12.4 Å². The summed E-state index contributed by atoms with van der Waals surface area (Å²) in [5.41, 5.74) is 0. The van der Waals surface area contributed by atoms with Gasteiger partial charge in [-0.2, -0.15) is 13.2 Å². The normalized spacial score (nSPS) is 18.9. The van der Waals surface area contributed by atoms with Crippen molar-refractivity contribution in [3.8, 4) is 0 Å². The summed E-state index contributed by atoms with van der Waals surface area (Å²) in [7, 11) is 0. The third-order valence-electron chi connectivity index (χ3n) is 2.80. The maximum atomic E-state index is 11.9. The van der Waals surface area contributed by atoms with Gasteiger partial charge in [0.2, 0.25) is 5.91 Å². The first-order chi connectivity index (χ1) is 7.89. The highest BCUT2D eigenvalue weighted by molar-refractivity contribution is 5.85. The van der Waals surface area contributed by atoms with Crippen LogP contribution in [0.3, 0.4) is 0 Å². The Morgan fingerprint density at radius 2 is 1.94 bits per heavy atom. The summed E-state index contributed by atoms with van der Waals surface area (Å²) in [6.07, 6.45) is -5.22. The Morgan fingerprint density at radius 3 is 2.44 bits per heavy atom. The molecule has 108 valence electrons. The highest BCUT2D eigenvalue weighted by Gasteiger charge is 2.38. The molecule has 1 heterocycles. The first kappa shape index (κ1) is 17.5. The standard InChI is InChI=1S/C10H17F3N2O2.ClH/c11-10(12,13)8(16)6-15-9(17)5-7-1-3-14-4-2-7;/h7-8,14,16H,1-6H2,(H,15,17);1H. The Balaban J connectivity index is 0.00000289. The summed E-state index contributed by atoms with van der Waals surface area (Å²) in [5.74, 6) is -0.209. The average molecular weight is 291 g/mol. The Labute approximate surface area is 110 Å². The molecule has 0 aromatic heterocycles. The van der Waals surface area contributed by atoms with Crippen molar-refractivity contribution in [3.05, 3.63) is 0 Å². The molecule has 1 saturated heterocycles. The molecular weight excluding hydrogens is 273 g/mol. The van der Waals surface area contributed by atoms with E-state index in [1.54, 1.807) is 0 Å². The van der Waals surface area contributed by atoms with Crippen LogP contribution in [0.15, 0.2) is 0 Å². The molecule has 1 aliphatic rings. The number of rotatable bonds is 4. The van der Waals surface area contributed by atoms with Crippen molar-refractivity contribution >= 4 is 18.3 Å². The molecule has 0 aromatic carbocycles. The SMILES string of the molecule is Cl.O=C(CC1CCNCC1)NCC(O)C(F)(F)F. The zero-order valence-electron chi connectivity index (χ0n) is 9.79. The summed E-state index contributed by atoms with van der Waals surface area (Å²) in [4.78, 5) is 11.3. The predicted molar refractivity (Wildman–Crippen MR) is 62.5 cm³/mol. The first-order valence-electron chi connectivity index (χ1n) is 5.62. The molecule has 1 unspecified atom stereocenters. The van der Waals surface area contributed by atoms with Crippen molar-refractivity contribution in [1.29, 1.82) is 0 Å². The fraction of sp³-hybridized carbons (Fsp3) is 0.900. The van der Waals surface area contributed by atoms with Crippen LogP contribution in [0.5, 0.6) is 0 Å². The van der Waals surface area contributed by atoms with E-state index in [0.29, 0.717) is 0 Å². The van der Waals surface area contributed by atoms with Gasteiger partial charge in [0.25, 0.3) is 0 Å². The lowest BCUT2D eigenvalue weighted by Gasteiger charge is -2.22. The number of hydrogen-bond donors (Lipinski definition) is 3. The van der Waals surface area contributed by atoms with Crippen LogP contribution in [-0.2, 0) is 4.79 Å². The number of aliphatic hydroxyl groups is 1. The second-order valence-corrected chi connectivity index (χ2v) is 4.26. The van der Waals surface area contributed by atoms with Gasteiger partial charge in [-0.1, -0.05) is 0 Å². The van der Waals surface area contributed by atoms with E-state index in [9.17, 15) is 18.0 Å². The van der Waals surface area contributed by atoms with Gasteiger partial charge >= 0.3 is 6.18 Å². The number of carbonyl (C=O) groups is 1. The van der Waals surface area contributed by atoms with Gasteiger partial charge < -0.3 is 15.7 Å². The fourth-order valence-corrected chi connectivity index (χ4v) is 1.75. The van der Waals surface area contributed by atoms with Crippen LogP contribution in [0.25, 0.3) is 0 Å². The summed E-state index contributed by atoms with van der Waals surface area (Å²) in [6, 6.07) is 0. The minimum absolute atomic E-state index is 0. The van der Waals surface area contributed by atoms with Gasteiger partial charge in [-0.25, -0.2) is 0 Å². The zero-order valence-corrected chi connectivity index (χ0v) is 10.6. The van der Waals surface area contributed by atoms with Crippen molar-refractivity contribution in [3.63, 3.8) is 0 Å². The van der Waals surface area contributed by atoms with Crippen LogP contribution in [0, 0.1) is 5.92 Å². The van der Waals surface area contributed by atoms with Gasteiger partial charge in [0.1, 0.15) is 0 Å². The Morgan fingerprint density at radius 1 is 1.39 bits per heavy atom. The minimum atomic E-state index is -4.68. The monoisotopic (exact) mass is 290 g/mol. The molecule has 1 aliphatic heterocycles. The molecule has 18 heavy (non-hydrogen) atoms. The van der Waals surface area contributed by atoms with E-state index in [0.717, 1.165) is 25.9 Å². The van der Waals surface area contributed by atoms with Crippen LogP contribution in [0.1, 0.15) is 19.3 Å². The molecule has 0 aromatic rings. The number of carbonyl (C=O) groups excluding carboxylic acids is 1. The molecule has 0 radical (unpaired) electrons. The van der Waals surface area contributed by atoms with E-state index < -0.39 is 24.7 Å². The van der Waals surface area contributed by atoms with Gasteiger partial charge in [-0.05, 0) is 31.8 Å². The maximum Gasteiger partial charge on any atom is 0.416 e. The molecule has 8 heteroatoms. The first-order valence-corrected chi connectivity index (χ1v) is 5.62. The van der Waals surface area contributed by atoms with Crippen molar-refractivity contribution in [2.75, 3.05) is 19.6 Å². The summed E-state index contributed by atoms with van der Waals surface area (Å²) >= 11 is 0. The lowest BCUT2D eigenvalue weighted by atomic mass is 9.94. The molecule has 1 fully saturated rings. The number of aliphatic hydroxyl groups excluding tert-OH is 1. The van der Waals surface area contributed by atoms with E-state index in [-0.39, 0.29) is 24.7 Å². The van der Waals surface area contributed by atoms with E-state index >= 15 is 0 Å². The number of piperidine rings is 1. The van der Waals surface area contributed by atoms with E-state index in [1.807, 2.05) is 0 Å². The van der Waals surface area contributed by atoms with Crippen LogP contribution in [-0.4, -0.2) is 42.9 Å². The fourth-order valence-electron chi connectivity index (χ4n) is 1.75. The van der Waals surface area contributed by atoms with Gasteiger partial charge in [0.05, 0.1) is 6.54 Å². The number of hydrogen-bond acceptors (Lipinski definition) is 3. The largest absolute Gasteiger partial charge is 0.416 e. The second kappa shape index (κ2) is 7.81. The molecular formula is C10H18ClF3N2O2. The molecule has 1 atom stereocenters. The molecule has 0 aliphatic carbocycles. The van der Waals surface area contributed by atoms with Gasteiger partial charge in [0, 0.05) is 6.42 Å². The van der Waals surface area contributed by atoms with Crippen LogP contribution in [0.4, 0.5) is 13.2 Å². The number of amides is 1. The maximum absolute atomic E-state index is 11.9. The lowest BCUT2D eigenvalue weighted by Crippen LogP contribution is -2.41. The highest BCUT2D eigenvalue weighted by atomic mass is 35.5. The predicted octanol–water partition coefficient (Wildman–Crippen LogP) is 0.837. The summed E-state index contributed by atoms with van der Waals surface area (Å²) in [5, 5.41) is 13.9. The second-order valence-electron chi connectivity index (χ2n) is 4.26. The highest BCUT2D eigenvalue weighted by Crippen LogP contribution is 2.19. The molecule has 1 amide bonds. The molecule has 0 bridgehead atoms. The quantitative estimate of drug-likeness (QED) is 0.719.